The Kier molecular flexibility index (Phi) is 4.17. The zero-order valence-electron chi connectivity index (χ0n) is 17.4. The molecule has 0 spiro atoms. The molecule has 0 aromatic carbocycles. The lowest BCUT2D eigenvalue weighted by Crippen LogP contribution is -2.68. The van der Waals surface area contributed by atoms with Gasteiger partial charge in [-0.15, -0.1) is 0 Å². The molecule has 0 unspecified atom stereocenters. The fourth-order valence-electron chi connectivity index (χ4n) is 8.53. The Bertz CT molecular complexity index is 760. The summed E-state index contributed by atoms with van der Waals surface area (Å²) >= 11 is 0. The molecular formula is C23H34O6. The standard InChI is InChI=1S/C23H34O6/c1-20-7-5-17-18(4-3-14-10-15(24)11-23(27,28)21(14,17)2)22(20,26)8-6-16(20)13-9-19(25)29-12-13/h9,14-18,24,26-28H,3-8,10-12H2,1-2H3/t14-,15+,16-,17+,18-,20-,21+,22+/m1/s1. The van der Waals surface area contributed by atoms with Gasteiger partial charge >= 0.3 is 5.97 Å². The quantitative estimate of drug-likeness (QED) is 0.391. The molecule has 29 heavy (non-hydrogen) atoms. The first kappa shape index (κ1) is 20.0. The topological polar surface area (TPSA) is 107 Å². The Balaban J connectivity index is 1.51. The van der Waals surface area contributed by atoms with Crippen LogP contribution < -0.4 is 0 Å². The van der Waals surface area contributed by atoms with Crippen molar-refractivity contribution in [1.82, 2.24) is 0 Å². The van der Waals surface area contributed by atoms with Gasteiger partial charge in [-0.3, -0.25) is 0 Å². The Morgan fingerprint density at radius 3 is 2.48 bits per heavy atom. The van der Waals surface area contributed by atoms with Crippen molar-refractivity contribution in [2.45, 2.75) is 82.7 Å². The van der Waals surface area contributed by atoms with Crippen LogP contribution in [0.15, 0.2) is 11.6 Å². The van der Waals surface area contributed by atoms with Crippen LogP contribution in [-0.4, -0.2) is 50.5 Å². The van der Waals surface area contributed by atoms with Gasteiger partial charge in [-0.2, -0.15) is 0 Å². The van der Waals surface area contributed by atoms with Gasteiger partial charge in [-0.1, -0.05) is 13.8 Å². The second-order valence-corrected chi connectivity index (χ2v) is 11.0. The molecule has 5 aliphatic rings. The third-order valence-electron chi connectivity index (χ3n) is 10.2. The largest absolute Gasteiger partial charge is 0.458 e. The van der Waals surface area contributed by atoms with E-state index in [1.807, 2.05) is 6.92 Å². The highest BCUT2D eigenvalue weighted by Gasteiger charge is 2.71. The summed E-state index contributed by atoms with van der Waals surface area (Å²) < 4.78 is 5.16. The van der Waals surface area contributed by atoms with Gasteiger partial charge in [0.2, 0.25) is 0 Å². The Hall–Kier alpha value is -0.950. The highest BCUT2D eigenvalue weighted by Crippen LogP contribution is 2.70. The molecule has 4 aliphatic carbocycles. The summed E-state index contributed by atoms with van der Waals surface area (Å²) in [5.74, 6) is -2.01. The van der Waals surface area contributed by atoms with Gasteiger partial charge in [0.1, 0.15) is 6.61 Å². The van der Waals surface area contributed by atoms with Gasteiger partial charge < -0.3 is 25.2 Å². The van der Waals surface area contributed by atoms with Crippen LogP contribution in [0.4, 0.5) is 0 Å². The van der Waals surface area contributed by atoms with Gasteiger partial charge in [-0.25, -0.2) is 4.79 Å². The van der Waals surface area contributed by atoms with Crippen molar-refractivity contribution in [1.29, 1.82) is 0 Å². The zero-order valence-corrected chi connectivity index (χ0v) is 17.4. The smallest absolute Gasteiger partial charge is 0.331 e. The number of rotatable bonds is 1. The second kappa shape index (κ2) is 6.06. The minimum Gasteiger partial charge on any atom is -0.458 e. The molecule has 8 atom stereocenters. The molecular weight excluding hydrogens is 372 g/mol. The van der Waals surface area contributed by atoms with Crippen molar-refractivity contribution in [2.24, 2.45) is 34.5 Å². The predicted molar refractivity (Wildman–Crippen MR) is 104 cm³/mol. The summed E-state index contributed by atoms with van der Waals surface area (Å²) in [6.45, 7) is 4.47. The van der Waals surface area contributed by atoms with Gasteiger partial charge in [0.05, 0.1) is 11.7 Å². The average molecular weight is 407 g/mol. The lowest BCUT2D eigenvalue weighted by atomic mass is 9.42. The molecule has 0 aromatic heterocycles. The van der Waals surface area contributed by atoms with Crippen LogP contribution in [0.3, 0.4) is 0 Å². The molecule has 4 saturated carbocycles. The van der Waals surface area contributed by atoms with Crippen LogP contribution in [0.25, 0.3) is 0 Å². The zero-order chi connectivity index (χ0) is 20.8. The summed E-state index contributed by atoms with van der Waals surface area (Å²) in [6.07, 6.45) is 6.29. The number of fused-ring (bicyclic) bond motifs is 5. The van der Waals surface area contributed by atoms with Crippen LogP contribution in [0, 0.1) is 34.5 Å². The number of esters is 1. The van der Waals surface area contributed by atoms with Crippen molar-refractivity contribution in [3.05, 3.63) is 11.6 Å². The minimum absolute atomic E-state index is 0.0000378. The summed E-state index contributed by atoms with van der Waals surface area (Å²) in [7, 11) is 0. The fraction of sp³-hybridized carbons (Fsp3) is 0.870. The van der Waals surface area contributed by atoms with E-state index in [1.54, 1.807) is 6.08 Å². The molecule has 4 fully saturated rings. The molecule has 4 N–H and O–H groups in total. The van der Waals surface area contributed by atoms with Crippen LogP contribution in [0.1, 0.15) is 65.2 Å². The SMILES string of the molecule is C[C@]12[C@H](CC[C@@H]3[C@@H]1CC[C@]1(C)[C@@H](C4=CC(=O)OC4)CC[C@]31O)C[C@H](O)CC2(O)O. The van der Waals surface area contributed by atoms with Gasteiger partial charge in [-0.05, 0) is 74.2 Å². The average Bonchev–Trinajstić information content (AvgIpc) is 3.16. The number of hydrogen-bond acceptors (Lipinski definition) is 6. The Morgan fingerprint density at radius 1 is 1.03 bits per heavy atom. The van der Waals surface area contributed by atoms with Crippen molar-refractivity contribution in [2.75, 3.05) is 6.61 Å². The highest BCUT2D eigenvalue weighted by atomic mass is 16.5. The molecule has 0 saturated heterocycles. The summed E-state index contributed by atoms with van der Waals surface area (Å²) in [5.41, 5.74) is -0.937. The van der Waals surface area contributed by atoms with E-state index in [1.165, 1.54) is 0 Å². The van der Waals surface area contributed by atoms with E-state index >= 15 is 0 Å². The highest BCUT2D eigenvalue weighted by molar-refractivity contribution is 5.85. The van der Waals surface area contributed by atoms with Gasteiger partial charge in [0, 0.05) is 23.3 Å². The summed E-state index contributed by atoms with van der Waals surface area (Å²) in [5, 5.41) is 44.4. The van der Waals surface area contributed by atoms with Crippen molar-refractivity contribution in [3.8, 4) is 0 Å². The van der Waals surface area contributed by atoms with Gasteiger partial charge in [0.25, 0.3) is 0 Å². The van der Waals surface area contributed by atoms with Crippen molar-refractivity contribution < 1.29 is 30.0 Å². The van der Waals surface area contributed by atoms with E-state index in [0.717, 1.165) is 37.7 Å². The summed E-state index contributed by atoms with van der Waals surface area (Å²) in [6, 6.07) is 0. The number of aliphatic hydroxyl groups is 4. The van der Waals surface area contributed by atoms with Gasteiger partial charge in [0.15, 0.2) is 5.79 Å². The van der Waals surface area contributed by atoms with E-state index in [9.17, 15) is 25.2 Å². The molecule has 5 rings (SSSR count). The lowest BCUT2D eigenvalue weighted by molar-refractivity contribution is -0.335. The number of carbonyl (C=O) groups excluding carboxylic acids is 1. The molecule has 1 heterocycles. The monoisotopic (exact) mass is 406 g/mol. The number of hydrogen-bond donors (Lipinski definition) is 4. The molecule has 0 aromatic rings. The van der Waals surface area contributed by atoms with E-state index in [4.69, 9.17) is 4.74 Å². The van der Waals surface area contributed by atoms with Crippen LogP contribution >= 0.6 is 0 Å². The lowest BCUT2D eigenvalue weighted by Gasteiger charge is -2.66. The number of carbonyl (C=O) groups is 1. The summed E-state index contributed by atoms with van der Waals surface area (Å²) in [4.78, 5) is 11.6. The van der Waals surface area contributed by atoms with E-state index in [2.05, 4.69) is 6.92 Å². The maximum absolute atomic E-state index is 12.1. The maximum atomic E-state index is 12.1. The Labute approximate surface area is 172 Å². The third kappa shape index (κ3) is 2.40. The Morgan fingerprint density at radius 2 is 1.79 bits per heavy atom. The molecule has 0 bridgehead atoms. The van der Waals surface area contributed by atoms with Crippen molar-refractivity contribution >= 4 is 5.97 Å². The normalized spacial score (nSPS) is 53.5. The van der Waals surface area contributed by atoms with Crippen molar-refractivity contribution in [3.63, 3.8) is 0 Å². The third-order valence-corrected chi connectivity index (χ3v) is 10.2. The first-order valence-electron chi connectivity index (χ1n) is 11.3. The second-order valence-electron chi connectivity index (χ2n) is 11.0. The molecule has 1 aliphatic heterocycles. The molecule has 0 radical (unpaired) electrons. The van der Waals surface area contributed by atoms with Crippen LogP contribution in [-0.2, 0) is 9.53 Å². The predicted octanol–water partition coefficient (Wildman–Crippen LogP) is 1.90. The maximum Gasteiger partial charge on any atom is 0.331 e. The number of ether oxygens (including phenoxy) is 1. The number of aliphatic hydroxyl groups excluding tert-OH is 1. The minimum atomic E-state index is -1.92. The molecule has 0 amide bonds. The van der Waals surface area contributed by atoms with Crippen LogP contribution in [0.5, 0.6) is 0 Å². The number of cyclic esters (lactones) is 1. The molecule has 6 heteroatoms. The molecule has 162 valence electrons. The van der Waals surface area contributed by atoms with Crippen LogP contribution in [0.2, 0.25) is 0 Å². The molecule has 6 nitrogen and oxygen atoms in total. The first-order valence-corrected chi connectivity index (χ1v) is 11.3. The first-order chi connectivity index (χ1) is 13.5. The van der Waals surface area contributed by atoms with E-state index in [0.29, 0.717) is 19.4 Å². The van der Waals surface area contributed by atoms with E-state index < -0.39 is 22.9 Å². The fourth-order valence-corrected chi connectivity index (χ4v) is 8.53. The van der Waals surface area contributed by atoms with E-state index in [-0.39, 0.29) is 41.5 Å².